The van der Waals surface area contributed by atoms with Crippen LogP contribution in [0.2, 0.25) is 0 Å². The highest BCUT2D eigenvalue weighted by Gasteiger charge is 2.21. The summed E-state index contributed by atoms with van der Waals surface area (Å²) in [6.07, 6.45) is 0. The highest BCUT2D eigenvalue weighted by atomic mass is 32.1. The highest BCUT2D eigenvalue weighted by Crippen LogP contribution is 2.31. The first-order valence-electron chi connectivity index (χ1n) is 6.69. The van der Waals surface area contributed by atoms with Crippen molar-refractivity contribution in [3.63, 3.8) is 0 Å². The molecule has 0 aliphatic carbocycles. The van der Waals surface area contributed by atoms with Crippen LogP contribution < -0.4 is 9.47 Å². The molecule has 0 bridgehead atoms. The van der Waals surface area contributed by atoms with Gasteiger partial charge in [-0.2, -0.15) is 0 Å². The summed E-state index contributed by atoms with van der Waals surface area (Å²) < 4.78 is 12.4. The van der Waals surface area contributed by atoms with E-state index in [4.69, 9.17) is 9.47 Å². The number of ether oxygens (including phenoxy) is 2. The number of ketones is 1. The van der Waals surface area contributed by atoms with Gasteiger partial charge in [0, 0.05) is 16.3 Å². The predicted molar refractivity (Wildman–Crippen MR) is 82.4 cm³/mol. The molecule has 2 aromatic carbocycles. The molecular formula is C17H12O3S. The number of carbonyl (C=O) groups is 1. The Morgan fingerprint density at radius 2 is 2.10 bits per heavy atom. The van der Waals surface area contributed by atoms with E-state index in [1.165, 1.54) is 15.6 Å². The summed E-state index contributed by atoms with van der Waals surface area (Å²) in [5, 5.41) is 3.35. The first-order chi connectivity index (χ1) is 10.3. The van der Waals surface area contributed by atoms with E-state index in [-0.39, 0.29) is 12.4 Å². The molecule has 4 rings (SSSR count). The van der Waals surface area contributed by atoms with Gasteiger partial charge in [0.05, 0.1) is 5.56 Å². The summed E-state index contributed by atoms with van der Waals surface area (Å²) >= 11 is 1.72. The third-order valence-corrected chi connectivity index (χ3v) is 4.58. The summed E-state index contributed by atoms with van der Waals surface area (Å²) in [6, 6.07) is 13.7. The normalized spacial score (nSPS) is 13.2. The van der Waals surface area contributed by atoms with Gasteiger partial charge in [0.1, 0.15) is 18.1 Å². The minimum Gasteiger partial charge on any atom is -0.489 e. The topological polar surface area (TPSA) is 35.5 Å². The van der Waals surface area contributed by atoms with Crippen molar-refractivity contribution in [2.45, 2.75) is 6.61 Å². The molecule has 0 atom stereocenters. The fourth-order valence-corrected chi connectivity index (χ4v) is 3.42. The Kier molecular flexibility index (Phi) is 2.89. The summed E-state index contributed by atoms with van der Waals surface area (Å²) in [7, 11) is 0. The number of carbonyl (C=O) groups excluding carboxylic acids is 1. The zero-order valence-corrected chi connectivity index (χ0v) is 12.0. The predicted octanol–water partition coefficient (Wildman–Crippen LogP) is 4.06. The lowest BCUT2D eigenvalue weighted by molar-refractivity contribution is 0.0961. The molecule has 21 heavy (non-hydrogen) atoms. The van der Waals surface area contributed by atoms with E-state index in [9.17, 15) is 4.79 Å². The lowest BCUT2D eigenvalue weighted by Crippen LogP contribution is -1.98. The van der Waals surface area contributed by atoms with Crippen LogP contribution >= 0.6 is 11.3 Å². The third kappa shape index (κ3) is 2.17. The highest BCUT2D eigenvalue weighted by molar-refractivity contribution is 7.17. The van der Waals surface area contributed by atoms with Crippen LogP contribution in [-0.2, 0) is 6.61 Å². The van der Waals surface area contributed by atoms with E-state index in [1.54, 1.807) is 23.5 Å². The van der Waals surface area contributed by atoms with Gasteiger partial charge in [0.2, 0.25) is 5.78 Å². The summed E-state index contributed by atoms with van der Waals surface area (Å²) in [5.74, 6) is 1.37. The number of hydrogen-bond acceptors (Lipinski definition) is 4. The van der Waals surface area contributed by atoms with Crippen molar-refractivity contribution in [1.29, 1.82) is 0 Å². The lowest BCUT2D eigenvalue weighted by atomic mass is 10.1. The SMILES string of the molecule is O=C1COc2cc(OCc3csc4ccccc34)ccc21. The van der Waals surface area contributed by atoms with Crippen LogP contribution in [0.25, 0.3) is 10.1 Å². The second-order valence-corrected chi connectivity index (χ2v) is 5.83. The molecule has 0 amide bonds. The molecule has 4 heteroatoms. The average Bonchev–Trinajstić information content (AvgIpc) is 3.09. The molecular weight excluding hydrogens is 284 g/mol. The fraction of sp³-hybridized carbons (Fsp3) is 0.118. The van der Waals surface area contributed by atoms with Crippen molar-refractivity contribution in [3.8, 4) is 11.5 Å². The standard InChI is InChI=1S/C17H12O3S/c18-15-9-20-16-7-12(5-6-14(15)16)19-8-11-10-21-17-4-2-1-3-13(11)17/h1-7,10H,8-9H2. The monoisotopic (exact) mass is 296 g/mol. The molecule has 0 N–H and O–H groups in total. The molecule has 3 aromatic rings. The number of rotatable bonds is 3. The van der Waals surface area contributed by atoms with Crippen LogP contribution in [0.3, 0.4) is 0 Å². The van der Waals surface area contributed by atoms with E-state index in [0.29, 0.717) is 17.9 Å². The maximum absolute atomic E-state index is 11.5. The zero-order chi connectivity index (χ0) is 14.2. The van der Waals surface area contributed by atoms with Crippen molar-refractivity contribution in [3.05, 3.63) is 59.0 Å². The second kappa shape index (κ2) is 4.90. The largest absolute Gasteiger partial charge is 0.489 e. The molecule has 0 fully saturated rings. The maximum atomic E-state index is 11.5. The van der Waals surface area contributed by atoms with Gasteiger partial charge in [0.15, 0.2) is 6.61 Å². The summed E-state index contributed by atoms with van der Waals surface area (Å²) in [5.41, 5.74) is 1.82. The summed E-state index contributed by atoms with van der Waals surface area (Å²) in [6.45, 7) is 0.644. The molecule has 1 aromatic heterocycles. The molecule has 3 nitrogen and oxygen atoms in total. The van der Waals surface area contributed by atoms with Crippen LogP contribution in [-0.4, -0.2) is 12.4 Å². The van der Waals surface area contributed by atoms with Crippen LogP contribution in [0.4, 0.5) is 0 Å². The van der Waals surface area contributed by atoms with E-state index >= 15 is 0 Å². The Hall–Kier alpha value is -2.33. The van der Waals surface area contributed by atoms with Crippen molar-refractivity contribution in [1.82, 2.24) is 0 Å². The quantitative estimate of drug-likeness (QED) is 0.731. The number of thiophene rings is 1. The van der Waals surface area contributed by atoms with Crippen LogP contribution in [0.1, 0.15) is 15.9 Å². The third-order valence-electron chi connectivity index (χ3n) is 3.57. The van der Waals surface area contributed by atoms with E-state index < -0.39 is 0 Å². The van der Waals surface area contributed by atoms with Crippen LogP contribution in [0, 0.1) is 0 Å². The van der Waals surface area contributed by atoms with Gasteiger partial charge in [-0.05, 0) is 29.0 Å². The zero-order valence-electron chi connectivity index (χ0n) is 11.2. The number of benzene rings is 2. The van der Waals surface area contributed by atoms with Crippen molar-refractivity contribution >= 4 is 27.2 Å². The van der Waals surface area contributed by atoms with Gasteiger partial charge < -0.3 is 9.47 Å². The van der Waals surface area contributed by atoms with Gasteiger partial charge in [-0.15, -0.1) is 11.3 Å². The molecule has 2 heterocycles. The Balaban J connectivity index is 1.56. The van der Waals surface area contributed by atoms with Crippen molar-refractivity contribution in [2.24, 2.45) is 0 Å². The van der Waals surface area contributed by atoms with E-state index in [1.807, 2.05) is 18.2 Å². The fourth-order valence-electron chi connectivity index (χ4n) is 2.47. The number of Topliss-reactive ketones (excluding diaryl/α,β-unsaturated/α-hetero) is 1. The average molecular weight is 296 g/mol. The Morgan fingerprint density at radius 1 is 1.19 bits per heavy atom. The molecule has 0 saturated carbocycles. The Bertz CT molecular complexity index is 835. The smallest absolute Gasteiger partial charge is 0.203 e. The molecule has 0 spiro atoms. The number of fused-ring (bicyclic) bond motifs is 2. The van der Waals surface area contributed by atoms with Gasteiger partial charge in [-0.1, -0.05) is 18.2 Å². The molecule has 1 aliphatic heterocycles. The molecule has 0 unspecified atom stereocenters. The summed E-state index contributed by atoms with van der Waals surface area (Å²) in [4.78, 5) is 11.5. The molecule has 104 valence electrons. The van der Waals surface area contributed by atoms with Gasteiger partial charge in [-0.25, -0.2) is 0 Å². The first kappa shape index (κ1) is 12.4. The van der Waals surface area contributed by atoms with Crippen molar-refractivity contribution < 1.29 is 14.3 Å². The molecule has 0 radical (unpaired) electrons. The van der Waals surface area contributed by atoms with Crippen LogP contribution in [0.5, 0.6) is 11.5 Å². The lowest BCUT2D eigenvalue weighted by Gasteiger charge is -2.07. The second-order valence-electron chi connectivity index (χ2n) is 4.92. The Morgan fingerprint density at radius 3 is 3.05 bits per heavy atom. The molecule has 1 aliphatic rings. The minimum absolute atomic E-state index is 0.0281. The van der Waals surface area contributed by atoms with Gasteiger partial charge >= 0.3 is 0 Å². The van der Waals surface area contributed by atoms with Crippen molar-refractivity contribution in [2.75, 3.05) is 6.61 Å². The Labute approximate surface area is 125 Å². The van der Waals surface area contributed by atoms with E-state index in [2.05, 4.69) is 17.5 Å². The first-order valence-corrected chi connectivity index (χ1v) is 7.57. The van der Waals surface area contributed by atoms with Crippen LogP contribution in [0.15, 0.2) is 47.8 Å². The maximum Gasteiger partial charge on any atom is 0.203 e. The number of hydrogen-bond donors (Lipinski definition) is 0. The van der Waals surface area contributed by atoms with E-state index in [0.717, 1.165) is 5.75 Å². The molecule has 0 saturated heterocycles. The van der Waals surface area contributed by atoms with Gasteiger partial charge in [-0.3, -0.25) is 4.79 Å². The van der Waals surface area contributed by atoms with Gasteiger partial charge in [0.25, 0.3) is 0 Å². The minimum atomic E-state index is 0.0281.